The third kappa shape index (κ3) is 3.28. The molecule has 0 aliphatic heterocycles. The molecular weight excluding hydrogens is 300 g/mol. The molecule has 2 aromatic carbocycles. The summed E-state index contributed by atoms with van der Waals surface area (Å²) in [6.45, 7) is 4.50. The van der Waals surface area contributed by atoms with Gasteiger partial charge in [-0.2, -0.15) is 5.26 Å². The van der Waals surface area contributed by atoms with Crippen molar-refractivity contribution in [3.63, 3.8) is 0 Å². The lowest BCUT2D eigenvalue weighted by Gasteiger charge is -2.17. The van der Waals surface area contributed by atoms with Gasteiger partial charge in [0.25, 0.3) is 0 Å². The molecule has 5 nitrogen and oxygen atoms in total. The largest absolute Gasteiger partial charge is 0.491 e. The van der Waals surface area contributed by atoms with Gasteiger partial charge in [0, 0.05) is 24.5 Å². The molecule has 5 heteroatoms. The molecule has 0 bridgehead atoms. The molecule has 0 saturated carbocycles. The Morgan fingerprint density at radius 2 is 1.92 bits per heavy atom. The summed E-state index contributed by atoms with van der Waals surface area (Å²) in [5.41, 5.74) is 1.32. The van der Waals surface area contributed by atoms with E-state index in [4.69, 9.17) is 10.00 Å². The average Bonchev–Trinajstić information content (AvgIpc) is 2.60. The van der Waals surface area contributed by atoms with Gasteiger partial charge in [0.05, 0.1) is 6.10 Å². The lowest BCUT2D eigenvalue weighted by molar-refractivity contribution is 0.240. The highest BCUT2D eigenvalue weighted by Gasteiger charge is 2.12. The number of hydrogen-bond donors (Lipinski definition) is 1. The SMILES string of the molecule is CC(C)Oc1ccc2ccccc2c1CNc1nccnc1C#N. The Bertz CT molecular complexity index is 899. The predicted octanol–water partition coefficient (Wildman–Crippen LogP) is 3.90. The van der Waals surface area contributed by atoms with Crippen molar-refractivity contribution >= 4 is 16.6 Å². The van der Waals surface area contributed by atoms with E-state index in [9.17, 15) is 0 Å². The zero-order valence-corrected chi connectivity index (χ0v) is 13.7. The third-order valence-corrected chi connectivity index (χ3v) is 3.60. The van der Waals surface area contributed by atoms with Crippen molar-refractivity contribution in [2.75, 3.05) is 5.32 Å². The Balaban J connectivity index is 1.99. The standard InChI is InChI=1S/C19H18N4O/c1-13(2)24-18-8-7-14-5-3-4-6-15(14)16(18)12-23-19-17(11-20)21-9-10-22-19/h3-10,13H,12H2,1-2H3,(H,22,23). The van der Waals surface area contributed by atoms with Crippen molar-refractivity contribution in [2.45, 2.75) is 26.5 Å². The number of nitrogens with zero attached hydrogens (tertiary/aromatic N) is 3. The number of aromatic nitrogens is 2. The summed E-state index contributed by atoms with van der Waals surface area (Å²) in [5.74, 6) is 1.31. The van der Waals surface area contributed by atoms with Crippen LogP contribution in [-0.4, -0.2) is 16.1 Å². The highest BCUT2D eigenvalue weighted by Crippen LogP contribution is 2.29. The molecule has 3 aromatic rings. The molecule has 0 unspecified atom stereocenters. The number of rotatable bonds is 5. The van der Waals surface area contributed by atoms with Crippen molar-refractivity contribution in [3.8, 4) is 11.8 Å². The van der Waals surface area contributed by atoms with E-state index in [2.05, 4.69) is 33.5 Å². The Morgan fingerprint density at radius 3 is 2.71 bits per heavy atom. The smallest absolute Gasteiger partial charge is 0.182 e. The molecule has 0 spiro atoms. The molecule has 1 N–H and O–H groups in total. The van der Waals surface area contributed by atoms with Crippen molar-refractivity contribution in [1.82, 2.24) is 9.97 Å². The van der Waals surface area contributed by atoms with E-state index in [1.165, 1.54) is 6.20 Å². The first-order valence-electron chi connectivity index (χ1n) is 7.81. The molecule has 0 saturated heterocycles. The fourth-order valence-corrected chi connectivity index (χ4v) is 2.58. The van der Waals surface area contributed by atoms with Crippen LogP contribution >= 0.6 is 0 Å². The van der Waals surface area contributed by atoms with E-state index in [0.29, 0.717) is 12.4 Å². The van der Waals surface area contributed by atoms with E-state index < -0.39 is 0 Å². The average molecular weight is 318 g/mol. The van der Waals surface area contributed by atoms with Gasteiger partial charge in [-0.15, -0.1) is 0 Å². The lowest BCUT2D eigenvalue weighted by atomic mass is 10.0. The minimum atomic E-state index is 0.0797. The predicted molar refractivity (Wildman–Crippen MR) is 93.8 cm³/mol. The second-order valence-electron chi connectivity index (χ2n) is 5.65. The Morgan fingerprint density at radius 1 is 1.12 bits per heavy atom. The van der Waals surface area contributed by atoms with Crippen molar-refractivity contribution in [3.05, 3.63) is 60.0 Å². The molecule has 0 radical (unpaired) electrons. The first-order chi connectivity index (χ1) is 11.7. The van der Waals surface area contributed by atoms with Crippen LogP contribution in [0.25, 0.3) is 10.8 Å². The van der Waals surface area contributed by atoms with Crippen LogP contribution in [0.5, 0.6) is 5.75 Å². The maximum atomic E-state index is 9.14. The minimum Gasteiger partial charge on any atom is -0.491 e. The zero-order chi connectivity index (χ0) is 16.9. The summed E-state index contributed by atoms with van der Waals surface area (Å²) in [7, 11) is 0. The van der Waals surface area contributed by atoms with E-state index in [1.807, 2.05) is 38.1 Å². The maximum Gasteiger partial charge on any atom is 0.182 e. The van der Waals surface area contributed by atoms with Gasteiger partial charge in [-0.25, -0.2) is 9.97 Å². The molecule has 0 amide bonds. The quantitative estimate of drug-likeness (QED) is 0.772. The van der Waals surface area contributed by atoms with Gasteiger partial charge < -0.3 is 10.1 Å². The van der Waals surface area contributed by atoms with Gasteiger partial charge in [0.1, 0.15) is 11.8 Å². The van der Waals surface area contributed by atoms with Crippen LogP contribution in [0.4, 0.5) is 5.82 Å². The number of nitrogens with one attached hydrogen (secondary N) is 1. The van der Waals surface area contributed by atoms with E-state index in [1.54, 1.807) is 6.20 Å². The first kappa shape index (κ1) is 15.8. The second kappa shape index (κ2) is 6.97. The topological polar surface area (TPSA) is 70.8 Å². The maximum absolute atomic E-state index is 9.14. The molecule has 0 fully saturated rings. The third-order valence-electron chi connectivity index (χ3n) is 3.60. The van der Waals surface area contributed by atoms with Gasteiger partial charge in [0.2, 0.25) is 0 Å². The minimum absolute atomic E-state index is 0.0797. The summed E-state index contributed by atoms with van der Waals surface area (Å²) < 4.78 is 5.96. The summed E-state index contributed by atoms with van der Waals surface area (Å²) in [6.07, 6.45) is 3.16. The molecule has 120 valence electrons. The van der Waals surface area contributed by atoms with Crippen LogP contribution < -0.4 is 10.1 Å². The van der Waals surface area contributed by atoms with Crippen molar-refractivity contribution in [2.24, 2.45) is 0 Å². The van der Waals surface area contributed by atoms with Crippen LogP contribution in [0.2, 0.25) is 0 Å². The first-order valence-corrected chi connectivity index (χ1v) is 7.81. The number of hydrogen-bond acceptors (Lipinski definition) is 5. The van der Waals surface area contributed by atoms with Crippen LogP contribution in [-0.2, 0) is 6.54 Å². The Labute approximate surface area is 140 Å². The van der Waals surface area contributed by atoms with Crippen molar-refractivity contribution in [1.29, 1.82) is 5.26 Å². The summed E-state index contributed by atoms with van der Waals surface area (Å²) in [6, 6.07) is 14.3. The number of ether oxygens (including phenoxy) is 1. The number of anilines is 1. The van der Waals surface area contributed by atoms with Crippen LogP contribution in [0.15, 0.2) is 48.8 Å². The molecule has 0 atom stereocenters. The normalized spacial score (nSPS) is 10.6. The summed E-state index contributed by atoms with van der Waals surface area (Å²) >= 11 is 0. The van der Waals surface area contributed by atoms with Gasteiger partial charge >= 0.3 is 0 Å². The molecule has 1 heterocycles. The van der Waals surface area contributed by atoms with Gasteiger partial charge in [0.15, 0.2) is 11.5 Å². The zero-order valence-electron chi connectivity index (χ0n) is 13.7. The van der Waals surface area contributed by atoms with Gasteiger partial charge in [-0.3, -0.25) is 0 Å². The highest BCUT2D eigenvalue weighted by atomic mass is 16.5. The monoisotopic (exact) mass is 318 g/mol. The molecule has 0 aliphatic carbocycles. The lowest BCUT2D eigenvalue weighted by Crippen LogP contribution is -2.11. The summed E-state index contributed by atoms with van der Waals surface area (Å²) in [4.78, 5) is 8.22. The molecule has 1 aromatic heterocycles. The van der Waals surface area contributed by atoms with Crippen LogP contribution in [0, 0.1) is 11.3 Å². The fourth-order valence-electron chi connectivity index (χ4n) is 2.58. The Hall–Kier alpha value is -3.13. The van der Waals surface area contributed by atoms with Gasteiger partial charge in [-0.05, 0) is 30.7 Å². The summed E-state index contributed by atoms with van der Waals surface area (Å²) in [5, 5.41) is 14.6. The van der Waals surface area contributed by atoms with Gasteiger partial charge in [-0.1, -0.05) is 30.3 Å². The van der Waals surface area contributed by atoms with E-state index in [0.717, 1.165) is 22.1 Å². The number of nitriles is 1. The van der Waals surface area contributed by atoms with E-state index in [-0.39, 0.29) is 11.8 Å². The fraction of sp³-hybridized carbons (Fsp3) is 0.211. The van der Waals surface area contributed by atoms with E-state index >= 15 is 0 Å². The molecule has 3 rings (SSSR count). The molecule has 0 aliphatic rings. The van der Waals surface area contributed by atoms with Crippen molar-refractivity contribution < 1.29 is 4.74 Å². The second-order valence-corrected chi connectivity index (χ2v) is 5.65. The molecular formula is C19H18N4O. The molecule has 24 heavy (non-hydrogen) atoms. The van der Waals surface area contributed by atoms with Crippen LogP contribution in [0.3, 0.4) is 0 Å². The highest BCUT2D eigenvalue weighted by molar-refractivity contribution is 5.88. The number of benzene rings is 2. The Kier molecular flexibility index (Phi) is 4.57. The van der Waals surface area contributed by atoms with Crippen LogP contribution in [0.1, 0.15) is 25.1 Å². The number of fused-ring (bicyclic) bond motifs is 1.